The Morgan fingerprint density at radius 2 is 1.79 bits per heavy atom. The summed E-state index contributed by atoms with van der Waals surface area (Å²) in [6.45, 7) is 10.0. The monoisotopic (exact) mass is 418 g/mol. The third kappa shape index (κ3) is 6.22. The lowest BCUT2D eigenvalue weighted by molar-refractivity contribution is -0.133. The second-order valence-corrected chi connectivity index (χ2v) is 8.47. The zero-order chi connectivity index (χ0) is 21.6. The molecule has 0 spiro atoms. The molecule has 2 aromatic rings. The van der Waals surface area contributed by atoms with E-state index in [0.29, 0.717) is 23.3 Å². The van der Waals surface area contributed by atoms with E-state index in [1.807, 2.05) is 63.8 Å². The number of ether oxygens (including phenoxy) is 1. The predicted molar refractivity (Wildman–Crippen MR) is 118 cm³/mol. The zero-order valence-corrected chi connectivity index (χ0v) is 18.7. The van der Waals surface area contributed by atoms with Gasteiger partial charge in [0.25, 0.3) is 0 Å². The van der Waals surface area contributed by atoms with Gasteiger partial charge in [0.1, 0.15) is 11.6 Å². The lowest BCUT2D eigenvalue weighted by atomic mass is 10.2. The highest BCUT2D eigenvalue weighted by Crippen LogP contribution is 2.26. The summed E-state index contributed by atoms with van der Waals surface area (Å²) in [5, 5.41) is 2.89. The lowest BCUT2D eigenvalue weighted by Crippen LogP contribution is -2.45. The summed E-state index contributed by atoms with van der Waals surface area (Å²) in [4.78, 5) is 27.5. The number of methoxy groups -OCH3 is 1. The average Bonchev–Trinajstić information content (AvgIpc) is 2.65. The van der Waals surface area contributed by atoms with E-state index in [1.54, 1.807) is 7.11 Å². The van der Waals surface area contributed by atoms with Crippen LogP contribution < -0.4 is 15.8 Å². The van der Waals surface area contributed by atoms with E-state index in [9.17, 15) is 4.79 Å². The molecule has 0 bridgehead atoms. The Labute approximate surface area is 176 Å². The standard InChI is InChI=1S/C20H30N6O2S/c1-12(2)26(13(3)4)18(27)14(5)29-11-17-23-19(21)25-20(24-17)22-15-9-7-8-10-16(15)28-6/h7-10,12-14H,11H2,1-6H3,(H3,21,22,23,24,25). The summed E-state index contributed by atoms with van der Waals surface area (Å²) in [7, 11) is 1.60. The molecule has 0 saturated heterocycles. The van der Waals surface area contributed by atoms with Crippen molar-refractivity contribution in [3.63, 3.8) is 0 Å². The molecule has 29 heavy (non-hydrogen) atoms. The molecule has 1 unspecified atom stereocenters. The zero-order valence-electron chi connectivity index (χ0n) is 17.8. The van der Waals surface area contributed by atoms with Crippen LogP contribution in [0.25, 0.3) is 0 Å². The fourth-order valence-corrected chi connectivity index (χ4v) is 3.81. The van der Waals surface area contributed by atoms with Gasteiger partial charge in [-0.05, 0) is 46.8 Å². The van der Waals surface area contributed by atoms with Crippen molar-refractivity contribution in [1.29, 1.82) is 0 Å². The summed E-state index contributed by atoms with van der Waals surface area (Å²) < 4.78 is 5.33. The third-order valence-corrected chi connectivity index (χ3v) is 5.36. The fourth-order valence-electron chi connectivity index (χ4n) is 3.01. The number of nitrogens with one attached hydrogen (secondary N) is 1. The number of hydrogen-bond donors (Lipinski definition) is 2. The van der Waals surface area contributed by atoms with Crippen molar-refractivity contribution >= 4 is 35.3 Å². The average molecular weight is 419 g/mol. The fraction of sp³-hybridized carbons (Fsp3) is 0.500. The van der Waals surface area contributed by atoms with Crippen LogP contribution in [0.3, 0.4) is 0 Å². The molecule has 0 radical (unpaired) electrons. The summed E-state index contributed by atoms with van der Waals surface area (Å²) >= 11 is 1.48. The van der Waals surface area contributed by atoms with Gasteiger partial charge in [-0.1, -0.05) is 12.1 Å². The third-order valence-electron chi connectivity index (χ3n) is 4.23. The Balaban J connectivity index is 2.09. The van der Waals surface area contributed by atoms with Gasteiger partial charge in [0, 0.05) is 12.1 Å². The summed E-state index contributed by atoms with van der Waals surface area (Å²) in [5.41, 5.74) is 6.59. The summed E-state index contributed by atoms with van der Waals surface area (Å²) in [5.74, 6) is 2.20. The largest absolute Gasteiger partial charge is 0.495 e. The number of nitrogens with two attached hydrogens (primary N) is 1. The van der Waals surface area contributed by atoms with Crippen LogP contribution in [-0.4, -0.2) is 50.2 Å². The van der Waals surface area contributed by atoms with Gasteiger partial charge in [-0.3, -0.25) is 4.79 Å². The Morgan fingerprint density at radius 1 is 1.14 bits per heavy atom. The van der Waals surface area contributed by atoms with Gasteiger partial charge in [0.2, 0.25) is 17.8 Å². The maximum atomic E-state index is 12.8. The molecule has 1 aromatic carbocycles. The van der Waals surface area contributed by atoms with Crippen LogP contribution in [0.4, 0.5) is 17.6 Å². The maximum absolute atomic E-state index is 12.8. The number of carbonyl (C=O) groups excluding carboxylic acids is 1. The predicted octanol–water partition coefficient (Wildman–Crippen LogP) is 3.47. The van der Waals surface area contributed by atoms with Crippen molar-refractivity contribution < 1.29 is 9.53 Å². The van der Waals surface area contributed by atoms with Gasteiger partial charge in [0.05, 0.1) is 23.8 Å². The van der Waals surface area contributed by atoms with Gasteiger partial charge in [-0.15, -0.1) is 11.8 Å². The van der Waals surface area contributed by atoms with Gasteiger partial charge < -0.3 is 20.7 Å². The van der Waals surface area contributed by atoms with Crippen LogP contribution in [0, 0.1) is 0 Å². The first-order valence-electron chi connectivity index (χ1n) is 9.57. The Kier molecular flexibility index (Phi) is 8.07. The highest BCUT2D eigenvalue weighted by atomic mass is 32.2. The minimum Gasteiger partial charge on any atom is -0.495 e. The molecule has 1 atom stereocenters. The van der Waals surface area contributed by atoms with Crippen molar-refractivity contribution in [2.45, 2.75) is 57.7 Å². The number of nitrogens with zero attached hydrogens (tertiary/aromatic N) is 4. The van der Waals surface area contributed by atoms with Gasteiger partial charge in [0.15, 0.2) is 0 Å². The molecule has 9 heteroatoms. The van der Waals surface area contributed by atoms with E-state index < -0.39 is 0 Å². The number of nitrogen functional groups attached to an aromatic ring is 1. The molecule has 2 rings (SSSR count). The van der Waals surface area contributed by atoms with E-state index in [-0.39, 0.29) is 29.2 Å². The van der Waals surface area contributed by atoms with E-state index in [4.69, 9.17) is 10.5 Å². The highest BCUT2D eigenvalue weighted by molar-refractivity contribution is 7.99. The second kappa shape index (κ2) is 10.3. The SMILES string of the molecule is COc1ccccc1Nc1nc(N)nc(CSC(C)C(=O)N(C(C)C)C(C)C)n1. The number of rotatable bonds is 9. The highest BCUT2D eigenvalue weighted by Gasteiger charge is 2.25. The number of carbonyl (C=O) groups is 1. The molecule has 1 amide bonds. The molecule has 3 N–H and O–H groups in total. The summed E-state index contributed by atoms with van der Waals surface area (Å²) in [6, 6.07) is 7.76. The molecule has 158 valence electrons. The van der Waals surface area contributed by atoms with Crippen LogP contribution in [0.15, 0.2) is 24.3 Å². The molecule has 0 fully saturated rings. The molecule has 8 nitrogen and oxygen atoms in total. The first kappa shape index (κ1) is 22.7. The minimum absolute atomic E-state index is 0.106. The second-order valence-electron chi connectivity index (χ2n) is 7.14. The van der Waals surface area contributed by atoms with Crippen molar-refractivity contribution in [2.24, 2.45) is 0 Å². The van der Waals surface area contributed by atoms with Gasteiger partial charge in [-0.25, -0.2) is 0 Å². The van der Waals surface area contributed by atoms with Crippen molar-refractivity contribution in [2.75, 3.05) is 18.2 Å². The maximum Gasteiger partial charge on any atom is 0.235 e. The van der Waals surface area contributed by atoms with Crippen LogP contribution in [0.1, 0.15) is 40.4 Å². The van der Waals surface area contributed by atoms with E-state index in [2.05, 4.69) is 20.3 Å². The Bertz CT molecular complexity index is 822. The van der Waals surface area contributed by atoms with E-state index in [0.717, 1.165) is 5.69 Å². The molecular weight excluding hydrogens is 388 g/mol. The van der Waals surface area contributed by atoms with Crippen molar-refractivity contribution in [3.8, 4) is 5.75 Å². The van der Waals surface area contributed by atoms with Crippen LogP contribution >= 0.6 is 11.8 Å². The van der Waals surface area contributed by atoms with Gasteiger partial charge >= 0.3 is 0 Å². The molecule has 1 heterocycles. The van der Waals surface area contributed by atoms with Crippen LogP contribution in [0.5, 0.6) is 5.75 Å². The molecule has 0 aliphatic carbocycles. The summed E-state index contributed by atoms with van der Waals surface area (Å²) in [6.07, 6.45) is 0. The molecular formula is C20H30N6O2S. The molecule has 0 aliphatic heterocycles. The number of anilines is 3. The van der Waals surface area contributed by atoms with Crippen molar-refractivity contribution in [1.82, 2.24) is 19.9 Å². The normalized spacial score (nSPS) is 12.1. The quantitative estimate of drug-likeness (QED) is 0.637. The van der Waals surface area contributed by atoms with Crippen molar-refractivity contribution in [3.05, 3.63) is 30.1 Å². The topological polar surface area (TPSA) is 106 Å². The number of benzene rings is 1. The lowest BCUT2D eigenvalue weighted by Gasteiger charge is -2.32. The number of amides is 1. The number of hydrogen-bond acceptors (Lipinski definition) is 8. The number of thioether (sulfide) groups is 1. The van der Waals surface area contributed by atoms with Crippen LogP contribution in [-0.2, 0) is 10.5 Å². The molecule has 0 aliphatic rings. The Hall–Kier alpha value is -2.55. The Morgan fingerprint density at radius 3 is 2.41 bits per heavy atom. The first-order chi connectivity index (χ1) is 13.7. The van der Waals surface area contributed by atoms with E-state index in [1.165, 1.54) is 11.8 Å². The van der Waals surface area contributed by atoms with E-state index >= 15 is 0 Å². The van der Waals surface area contributed by atoms with Gasteiger partial charge in [-0.2, -0.15) is 15.0 Å². The first-order valence-corrected chi connectivity index (χ1v) is 10.6. The molecule has 0 saturated carbocycles. The smallest absolute Gasteiger partial charge is 0.235 e. The molecule has 1 aromatic heterocycles. The number of aromatic nitrogens is 3. The van der Waals surface area contributed by atoms with Crippen LogP contribution in [0.2, 0.25) is 0 Å². The minimum atomic E-state index is -0.219. The number of para-hydroxylation sites is 2.